The van der Waals surface area contributed by atoms with E-state index in [1.807, 2.05) is 44.2 Å². The smallest absolute Gasteiger partial charge is 0.258 e. The number of hydrogen-bond donors (Lipinski definition) is 2. The van der Waals surface area contributed by atoms with Crippen molar-refractivity contribution in [1.29, 1.82) is 0 Å². The fourth-order valence-electron chi connectivity index (χ4n) is 2.85. The Balaban J connectivity index is 0.00000261. The van der Waals surface area contributed by atoms with E-state index in [0.29, 0.717) is 23.3 Å². The lowest BCUT2D eigenvalue weighted by molar-refractivity contribution is -0.133. The van der Waals surface area contributed by atoms with Crippen molar-refractivity contribution in [2.24, 2.45) is 5.73 Å². The quantitative estimate of drug-likeness (QED) is 0.705. The maximum absolute atomic E-state index is 12.8. The number of halogens is 1. The van der Waals surface area contributed by atoms with Crippen molar-refractivity contribution >= 4 is 29.2 Å². The monoisotopic (exact) mass is 386 g/mol. The van der Waals surface area contributed by atoms with Crippen molar-refractivity contribution in [2.75, 3.05) is 6.54 Å². The number of nitrogens with one attached hydrogen (secondary N) is 1. The van der Waals surface area contributed by atoms with Crippen molar-refractivity contribution in [2.45, 2.75) is 26.4 Å². The number of benzene rings is 2. The van der Waals surface area contributed by atoms with Crippen LogP contribution >= 0.6 is 12.4 Å². The SMILES string of the molecule is CCN(Cc1nc2ccccc2c(=O)[nH]1)C(=O)C(N)c1ccc(C)cc1.Cl. The van der Waals surface area contributed by atoms with Gasteiger partial charge in [0, 0.05) is 6.54 Å². The summed E-state index contributed by atoms with van der Waals surface area (Å²) in [5.74, 6) is 0.243. The number of aromatic nitrogens is 2. The molecule has 1 aromatic heterocycles. The molecule has 6 nitrogen and oxygen atoms in total. The molecule has 1 atom stereocenters. The summed E-state index contributed by atoms with van der Waals surface area (Å²) in [4.78, 5) is 33.8. The molecule has 0 aliphatic heterocycles. The summed E-state index contributed by atoms with van der Waals surface area (Å²) in [7, 11) is 0. The van der Waals surface area contributed by atoms with Crippen molar-refractivity contribution in [3.8, 4) is 0 Å². The number of rotatable bonds is 5. The second-order valence-corrected chi connectivity index (χ2v) is 6.27. The van der Waals surface area contributed by atoms with E-state index in [1.54, 1.807) is 23.1 Å². The van der Waals surface area contributed by atoms with Crippen LogP contribution in [0, 0.1) is 6.92 Å². The van der Waals surface area contributed by atoms with Gasteiger partial charge in [0.15, 0.2) is 0 Å². The normalized spacial score (nSPS) is 11.7. The Hall–Kier alpha value is -2.70. The molecular formula is C20H23ClN4O2. The first-order valence-corrected chi connectivity index (χ1v) is 8.58. The van der Waals surface area contributed by atoms with Crippen LogP contribution in [-0.4, -0.2) is 27.3 Å². The van der Waals surface area contributed by atoms with E-state index >= 15 is 0 Å². The molecule has 0 aliphatic rings. The summed E-state index contributed by atoms with van der Waals surface area (Å²) in [5, 5.41) is 0.530. The van der Waals surface area contributed by atoms with Gasteiger partial charge in [0.2, 0.25) is 5.91 Å². The first-order chi connectivity index (χ1) is 12.5. The minimum Gasteiger partial charge on any atom is -0.334 e. The van der Waals surface area contributed by atoms with E-state index in [-0.39, 0.29) is 30.4 Å². The molecule has 0 saturated carbocycles. The van der Waals surface area contributed by atoms with Gasteiger partial charge in [-0.25, -0.2) is 4.98 Å². The van der Waals surface area contributed by atoms with E-state index in [9.17, 15) is 9.59 Å². The highest BCUT2D eigenvalue weighted by Crippen LogP contribution is 2.16. The number of nitrogens with zero attached hydrogens (tertiary/aromatic N) is 2. The van der Waals surface area contributed by atoms with Crippen LogP contribution in [0.2, 0.25) is 0 Å². The van der Waals surface area contributed by atoms with Crippen molar-refractivity contribution in [3.63, 3.8) is 0 Å². The average Bonchev–Trinajstić information content (AvgIpc) is 2.65. The summed E-state index contributed by atoms with van der Waals surface area (Å²) >= 11 is 0. The van der Waals surface area contributed by atoms with Gasteiger partial charge in [-0.2, -0.15) is 0 Å². The Morgan fingerprint density at radius 2 is 1.85 bits per heavy atom. The molecule has 7 heteroatoms. The minimum atomic E-state index is -0.747. The zero-order valence-corrected chi connectivity index (χ0v) is 16.1. The van der Waals surface area contributed by atoms with E-state index in [1.165, 1.54) is 0 Å². The Bertz CT molecular complexity index is 985. The van der Waals surface area contributed by atoms with Crippen LogP contribution in [0.1, 0.15) is 29.9 Å². The number of aromatic amines is 1. The average molecular weight is 387 g/mol. The highest BCUT2D eigenvalue weighted by Gasteiger charge is 2.22. The van der Waals surface area contributed by atoms with E-state index in [0.717, 1.165) is 11.1 Å². The summed E-state index contributed by atoms with van der Waals surface area (Å²) < 4.78 is 0. The minimum absolute atomic E-state index is 0. The Morgan fingerprint density at radius 3 is 2.52 bits per heavy atom. The van der Waals surface area contributed by atoms with Crippen molar-refractivity contribution in [3.05, 3.63) is 75.8 Å². The summed E-state index contributed by atoms with van der Waals surface area (Å²) in [5.41, 5.74) is 8.43. The zero-order chi connectivity index (χ0) is 18.7. The highest BCUT2D eigenvalue weighted by molar-refractivity contribution is 5.85. The van der Waals surface area contributed by atoms with Crippen LogP contribution in [0.3, 0.4) is 0 Å². The maximum atomic E-state index is 12.8. The van der Waals surface area contributed by atoms with Crippen LogP contribution in [0.5, 0.6) is 0 Å². The molecule has 0 saturated heterocycles. The second kappa shape index (κ2) is 8.79. The van der Waals surface area contributed by atoms with Crippen LogP contribution in [0.25, 0.3) is 10.9 Å². The van der Waals surface area contributed by atoms with Gasteiger partial charge in [0.05, 0.1) is 17.4 Å². The van der Waals surface area contributed by atoms with Crippen molar-refractivity contribution in [1.82, 2.24) is 14.9 Å². The van der Waals surface area contributed by atoms with E-state index in [2.05, 4.69) is 9.97 Å². The number of H-pyrrole nitrogens is 1. The number of carbonyl (C=O) groups excluding carboxylic acids is 1. The molecule has 2 aromatic carbocycles. The second-order valence-electron chi connectivity index (χ2n) is 6.27. The lowest BCUT2D eigenvalue weighted by Crippen LogP contribution is -2.38. The molecular weight excluding hydrogens is 364 g/mol. The summed E-state index contributed by atoms with van der Waals surface area (Å²) in [6.07, 6.45) is 0. The maximum Gasteiger partial charge on any atom is 0.258 e. The van der Waals surface area contributed by atoms with E-state index < -0.39 is 6.04 Å². The van der Waals surface area contributed by atoms with Gasteiger partial charge >= 0.3 is 0 Å². The molecule has 1 heterocycles. The highest BCUT2D eigenvalue weighted by atomic mass is 35.5. The third-order valence-electron chi connectivity index (χ3n) is 4.40. The predicted octanol–water partition coefficient (Wildman–Crippen LogP) is 2.70. The number of carbonyl (C=O) groups is 1. The molecule has 3 aromatic rings. The Morgan fingerprint density at radius 1 is 1.19 bits per heavy atom. The van der Waals surface area contributed by atoms with Gasteiger partial charge in [-0.05, 0) is 31.5 Å². The first kappa shape index (κ1) is 20.6. The van der Waals surface area contributed by atoms with Gasteiger partial charge < -0.3 is 15.6 Å². The number of nitrogens with two attached hydrogens (primary N) is 1. The number of hydrogen-bond acceptors (Lipinski definition) is 4. The fourth-order valence-corrected chi connectivity index (χ4v) is 2.85. The molecule has 0 aliphatic carbocycles. The van der Waals surface area contributed by atoms with Crippen LogP contribution in [0.15, 0.2) is 53.3 Å². The molecule has 1 amide bonds. The van der Waals surface area contributed by atoms with Gasteiger partial charge in [-0.1, -0.05) is 42.0 Å². The van der Waals surface area contributed by atoms with E-state index in [4.69, 9.17) is 5.73 Å². The standard InChI is InChI=1S/C20H22N4O2.ClH/c1-3-24(20(26)18(21)14-10-8-13(2)9-11-14)12-17-22-16-7-5-4-6-15(16)19(25)23-17;/h4-11,18H,3,12,21H2,1-2H3,(H,22,23,25);1H. The largest absolute Gasteiger partial charge is 0.334 e. The third-order valence-corrected chi connectivity index (χ3v) is 4.40. The molecule has 3 N–H and O–H groups in total. The predicted molar refractivity (Wildman–Crippen MR) is 109 cm³/mol. The van der Waals surface area contributed by atoms with Gasteiger partial charge in [0.1, 0.15) is 11.9 Å². The van der Waals surface area contributed by atoms with Gasteiger partial charge in [-0.3, -0.25) is 9.59 Å². The number of amides is 1. The third kappa shape index (κ3) is 4.53. The topological polar surface area (TPSA) is 92.1 Å². The number of aryl methyl sites for hydroxylation is 1. The number of likely N-dealkylation sites (N-methyl/N-ethyl adjacent to an activating group) is 1. The number of fused-ring (bicyclic) bond motifs is 1. The summed E-state index contributed by atoms with van der Waals surface area (Å²) in [6, 6.07) is 14.0. The van der Waals surface area contributed by atoms with Crippen LogP contribution < -0.4 is 11.3 Å². The van der Waals surface area contributed by atoms with Crippen molar-refractivity contribution < 1.29 is 4.79 Å². The lowest BCUT2D eigenvalue weighted by atomic mass is 10.0. The Kier molecular flexibility index (Phi) is 6.71. The van der Waals surface area contributed by atoms with Crippen LogP contribution in [0.4, 0.5) is 0 Å². The molecule has 1 unspecified atom stereocenters. The van der Waals surface area contributed by atoms with Gasteiger partial charge in [-0.15, -0.1) is 12.4 Å². The fraction of sp³-hybridized carbons (Fsp3) is 0.250. The zero-order valence-electron chi connectivity index (χ0n) is 15.3. The first-order valence-electron chi connectivity index (χ1n) is 8.58. The molecule has 3 rings (SSSR count). The molecule has 142 valence electrons. The summed E-state index contributed by atoms with van der Waals surface area (Å²) in [6.45, 7) is 4.53. The number of para-hydroxylation sites is 1. The molecule has 0 bridgehead atoms. The molecule has 0 spiro atoms. The van der Waals surface area contributed by atoms with Crippen LogP contribution in [-0.2, 0) is 11.3 Å². The lowest BCUT2D eigenvalue weighted by Gasteiger charge is -2.24. The molecule has 0 fully saturated rings. The Labute approximate surface area is 163 Å². The molecule has 0 radical (unpaired) electrons. The van der Waals surface area contributed by atoms with Gasteiger partial charge in [0.25, 0.3) is 5.56 Å². The molecule has 27 heavy (non-hydrogen) atoms.